The molecular formula is C18H19ClN2O2. The lowest BCUT2D eigenvalue weighted by atomic mass is 10.0. The maximum atomic E-state index is 12.0. The second kappa shape index (κ2) is 7.90. The van der Waals surface area contributed by atoms with E-state index in [0.717, 1.165) is 22.5 Å². The van der Waals surface area contributed by atoms with Crippen LogP contribution in [0.25, 0.3) is 0 Å². The van der Waals surface area contributed by atoms with Gasteiger partial charge >= 0.3 is 0 Å². The van der Waals surface area contributed by atoms with E-state index in [0.29, 0.717) is 5.02 Å². The van der Waals surface area contributed by atoms with Gasteiger partial charge in [0.15, 0.2) is 0 Å². The number of aliphatic hydroxyl groups is 1. The van der Waals surface area contributed by atoms with Crippen molar-refractivity contribution in [3.05, 3.63) is 64.7 Å². The van der Waals surface area contributed by atoms with E-state index in [1.165, 1.54) is 0 Å². The Morgan fingerprint density at radius 3 is 2.52 bits per heavy atom. The molecule has 0 saturated heterocycles. The molecule has 0 saturated carbocycles. The van der Waals surface area contributed by atoms with E-state index in [4.69, 9.17) is 16.7 Å². The Labute approximate surface area is 141 Å². The quantitative estimate of drug-likeness (QED) is 0.873. The van der Waals surface area contributed by atoms with Crippen molar-refractivity contribution in [1.29, 1.82) is 0 Å². The maximum absolute atomic E-state index is 12.0. The molecule has 1 heterocycles. The second-order valence-electron chi connectivity index (χ2n) is 4.96. The monoisotopic (exact) mass is 330 g/mol. The summed E-state index contributed by atoms with van der Waals surface area (Å²) in [5.41, 5.74) is 3.51. The van der Waals surface area contributed by atoms with E-state index < -0.39 is 0 Å². The molecule has 0 radical (unpaired) electrons. The molecule has 1 aliphatic rings. The van der Waals surface area contributed by atoms with Crippen molar-refractivity contribution in [2.75, 3.05) is 25.1 Å². The summed E-state index contributed by atoms with van der Waals surface area (Å²) in [5, 5.41) is 8.20. The molecule has 0 unspecified atom stereocenters. The molecule has 0 aliphatic carbocycles. The third kappa shape index (κ3) is 3.97. The molecule has 0 atom stereocenters. The number of fused-ring (bicyclic) bond motifs is 1. The number of amides is 1. The van der Waals surface area contributed by atoms with Gasteiger partial charge in [0.1, 0.15) is 6.54 Å². The number of carbonyl (C=O) groups excluding carboxylic acids is 1. The number of anilines is 1. The highest BCUT2D eigenvalue weighted by Crippen LogP contribution is 2.28. The summed E-state index contributed by atoms with van der Waals surface area (Å²) < 4.78 is 0. The van der Waals surface area contributed by atoms with Crippen LogP contribution in [0.4, 0.5) is 5.69 Å². The summed E-state index contributed by atoms with van der Waals surface area (Å²) in [5.74, 6) is -0.0282. The lowest BCUT2D eigenvalue weighted by Gasteiger charge is -2.18. The molecule has 2 aromatic carbocycles. The van der Waals surface area contributed by atoms with Crippen LogP contribution < -0.4 is 4.90 Å². The number of aliphatic hydroxyl groups excluding tert-OH is 1. The zero-order valence-electron chi connectivity index (χ0n) is 13.2. The predicted octanol–water partition coefficient (Wildman–Crippen LogP) is 3.15. The molecule has 4 nitrogen and oxygen atoms in total. The minimum atomic E-state index is -0.0282. The first-order chi connectivity index (χ1) is 11.1. The van der Waals surface area contributed by atoms with Gasteiger partial charge in [-0.05, 0) is 25.1 Å². The first-order valence-corrected chi connectivity index (χ1v) is 7.73. The first-order valence-electron chi connectivity index (χ1n) is 7.35. The number of halogens is 1. The Balaban J connectivity index is 0.000000595. The predicted molar refractivity (Wildman–Crippen MR) is 94.6 cm³/mol. The van der Waals surface area contributed by atoms with Crippen molar-refractivity contribution in [2.45, 2.75) is 6.92 Å². The fraction of sp³-hybridized carbons (Fsp3) is 0.222. The minimum absolute atomic E-state index is 0.0282. The van der Waals surface area contributed by atoms with E-state index in [2.05, 4.69) is 4.99 Å². The number of hydrogen-bond donors (Lipinski definition) is 1. The smallest absolute Gasteiger partial charge is 0.248 e. The fourth-order valence-electron chi connectivity index (χ4n) is 2.31. The zero-order valence-corrected chi connectivity index (χ0v) is 13.9. The van der Waals surface area contributed by atoms with Crippen molar-refractivity contribution >= 4 is 28.9 Å². The van der Waals surface area contributed by atoms with Gasteiger partial charge in [-0.25, -0.2) is 0 Å². The van der Waals surface area contributed by atoms with Crippen LogP contribution in [-0.2, 0) is 4.79 Å². The molecule has 5 heteroatoms. The van der Waals surface area contributed by atoms with Gasteiger partial charge in [0.05, 0.1) is 11.4 Å². The Morgan fingerprint density at radius 1 is 1.22 bits per heavy atom. The summed E-state index contributed by atoms with van der Waals surface area (Å²) in [6.07, 6.45) is 0. The van der Waals surface area contributed by atoms with Crippen LogP contribution in [0.1, 0.15) is 18.1 Å². The normalized spacial score (nSPS) is 13.5. The van der Waals surface area contributed by atoms with Gasteiger partial charge in [-0.1, -0.05) is 41.9 Å². The van der Waals surface area contributed by atoms with Crippen molar-refractivity contribution in [3.8, 4) is 0 Å². The average Bonchev–Trinajstić information content (AvgIpc) is 2.67. The van der Waals surface area contributed by atoms with E-state index in [1.54, 1.807) is 24.9 Å². The largest absolute Gasteiger partial charge is 0.397 e. The number of hydrogen-bond acceptors (Lipinski definition) is 3. The maximum Gasteiger partial charge on any atom is 0.248 e. The summed E-state index contributed by atoms with van der Waals surface area (Å²) in [6.45, 7) is 2.08. The van der Waals surface area contributed by atoms with Crippen LogP contribution in [-0.4, -0.2) is 36.9 Å². The van der Waals surface area contributed by atoms with Crippen LogP contribution in [0.15, 0.2) is 53.5 Å². The molecule has 3 rings (SSSR count). The first kappa shape index (κ1) is 17.2. The lowest BCUT2D eigenvalue weighted by Crippen LogP contribution is -2.27. The summed E-state index contributed by atoms with van der Waals surface area (Å²) in [7, 11) is 1.76. The van der Waals surface area contributed by atoms with E-state index in [1.807, 2.05) is 42.5 Å². The third-order valence-corrected chi connectivity index (χ3v) is 3.60. The Kier molecular flexibility index (Phi) is 5.90. The zero-order chi connectivity index (χ0) is 16.8. The van der Waals surface area contributed by atoms with Crippen LogP contribution in [0.3, 0.4) is 0 Å². The number of rotatable bonds is 1. The molecule has 0 spiro atoms. The van der Waals surface area contributed by atoms with E-state index in [-0.39, 0.29) is 19.1 Å². The second-order valence-corrected chi connectivity index (χ2v) is 5.40. The summed E-state index contributed by atoms with van der Waals surface area (Å²) in [4.78, 5) is 18.1. The Bertz CT molecular complexity index is 714. The van der Waals surface area contributed by atoms with Crippen molar-refractivity contribution in [3.63, 3.8) is 0 Å². The van der Waals surface area contributed by atoms with E-state index >= 15 is 0 Å². The topological polar surface area (TPSA) is 52.9 Å². The standard InChI is InChI=1S/C16H13ClN2O.C2H6O/c1-19-14-8-7-12(17)9-13(14)16(18-10-15(19)20)11-5-3-2-4-6-11;1-2-3/h2-9H,10H2,1H3;3H,2H2,1H3. The Hall–Kier alpha value is -2.17. The van der Waals surface area contributed by atoms with Crippen molar-refractivity contribution in [2.24, 2.45) is 4.99 Å². The highest BCUT2D eigenvalue weighted by atomic mass is 35.5. The molecule has 23 heavy (non-hydrogen) atoms. The number of likely N-dealkylation sites (N-methyl/N-ethyl adjacent to an activating group) is 1. The highest BCUT2D eigenvalue weighted by molar-refractivity contribution is 6.32. The third-order valence-electron chi connectivity index (χ3n) is 3.37. The highest BCUT2D eigenvalue weighted by Gasteiger charge is 2.22. The van der Waals surface area contributed by atoms with Crippen LogP contribution in [0.5, 0.6) is 0 Å². The Morgan fingerprint density at radius 2 is 1.87 bits per heavy atom. The van der Waals surface area contributed by atoms with Gasteiger partial charge in [0.2, 0.25) is 5.91 Å². The van der Waals surface area contributed by atoms with Gasteiger partial charge in [0.25, 0.3) is 0 Å². The SMILES string of the molecule is CCO.CN1C(=O)CN=C(c2ccccc2)c2cc(Cl)ccc21. The van der Waals surface area contributed by atoms with Gasteiger partial charge in [-0.2, -0.15) is 0 Å². The number of carbonyl (C=O) groups is 1. The fourth-order valence-corrected chi connectivity index (χ4v) is 2.48. The number of aliphatic imine (C=N–C) groups is 1. The molecule has 0 fully saturated rings. The van der Waals surface area contributed by atoms with Gasteiger partial charge in [-0.3, -0.25) is 9.79 Å². The van der Waals surface area contributed by atoms with Crippen LogP contribution >= 0.6 is 11.6 Å². The molecule has 120 valence electrons. The van der Waals surface area contributed by atoms with E-state index in [9.17, 15) is 4.79 Å². The molecule has 1 amide bonds. The molecule has 1 aliphatic heterocycles. The minimum Gasteiger partial charge on any atom is -0.397 e. The van der Waals surface area contributed by atoms with Gasteiger partial charge in [0, 0.05) is 29.8 Å². The van der Waals surface area contributed by atoms with Gasteiger partial charge in [-0.15, -0.1) is 0 Å². The molecular weight excluding hydrogens is 312 g/mol. The average molecular weight is 331 g/mol. The van der Waals surface area contributed by atoms with Gasteiger partial charge < -0.3 is 10.0 Å². The number of nitrogens with zero attached hydrogens (tertiary/aromatic N) is 2. The van der Waals surface area contributed by atoms with Crippen molar-refractivity contribution in [1.82, 2.24) is 0 Å². The molecule has 0 bridgehead atoms. The van der Waals surface area contributed by atoms with Crippen molar-refractivity contribution < 1.29 is 9.90 Å². The molecule has 0 aromatic heterocycles. The number of benzene rings is 2. The summed E-state index contributed by atoms with van der Waals surface area (Å²) in [6, 6.07) is 15.3. The number of benzodiazepines with no additional fused rings is 1. The van der Waals surface area contributed by atoms with Crippen LogP contribution in [0.2, 0.25) is 5.02 Å². The molecule has 2 aromatic rings. The molecule has 1 N–H and O–H groups in total. The summed E-state index contributed by atoms with van der Waals surface area (Å²) >= 11 is 6.11. The lowest BCUT2D eigenvalue weighted by molar-refractivity contribution is -0.116. The van der Waals surface area contributed by atoms with Crippen LogP contribution in [0, 0.1) is 0 Å².